The van der Waals surface area contributed by atoms with Gasteiger partial charge in [-0.3, -0.25) is 10.1 Å². The number of nitrogens with zero attached hydrogens (tertiary/aromatic N) is 3. The van der Waals surface area contributed by atoms with Crippen LogP contribution in [0.1, 0.15) is 25.7 Å². The molecule has 4 aromatic heterocycles. The fourth-order valence-corrected chi connectivity index (χ4v) is 5.69. The summed E-state index contributed by atoms with van der Waals surface area (Å²) >= 11 is 0. The quantitative estimate of drug-likeness (QED) is 0.210. The first-order valence-electron chi connectivity index (χ1n) is 13.3. The van der Waals surface area contributed by atoms with Crippen LogP contribution in [0.3, 0.4) is 0 Å². The van der Waals surface area contributed by atoms with Crippen LogP contribution >= 0.6 is 0 Å². The summed E-state index contributed by atoms with van der Waals surface area (Å²) in [6.45, 7) is 4.28. The van der Waals surface area contributed by atoms with Crippen LogP contribution in [0.15, 0.2) is 91.5 Å². The molecule has 2 aromatic carbocycles. The Morgan fingerprint density at radius 2 is 1.82 bits per heavy atom. The predicted octanol–water partition coefficient (Wildman–Crippen LogP) is 8.09. The third-order valence-electron chi connectivity index (χ3n) is 7.71. The summed E-state index contributed by atoms with van der Waals surface area (Å²) in [5.41, 5.74) is 9.09. The van der Waals surface area contributed by atoms with Gasteiger partial charge in [-0.2, -0.15) is 5.10 Å². The van der Waals surface area contributed by atoms with E-state index in [-0.39, 0.29) is 5.82 Å². The zero-order chi connectivity index (χ0) is 26.3. The van der Waals surface area contributed by atoms with Crippen molar-refractivity contribution in [2.75, 3.05) is 5.32 Å². The Morgan fingerprint density at radius 1 is 0.923 bits per heavy atom. The van der Waals surface area contributed by atoms with E-state index in [1.165, 1.54) is 37.8 Å². The number of fused-ring (bicyclic) bond motifs is 2. The molecule has 0 saturated heterocycles. The van der Waals surface area contributed by atoms with Crippen molar-refractivity contribution in [3.63, 3.8) is 0 Å². The maximum absolute atomic E-state index is 13.9. The normalized spacial score (nSPS) is 13.9. The zero-order valence-electron chi connectivity index (χ0n) is 21.3. The van der Waals surface area contributed by atoms with E-state index in [0.29, 0.717) is 5.92 Å². The molecule has 1 aliphatic carbocycles. The SMILES string of the molecule is C=C(Nc1cncc(-c2ccc3[nH]nc(-c4cc5c(-c6cccc(F)c6)ccnc5[nH]4)c3c2)c1)C1CCCC1. The molecule has 0 bridgehead atoms. The van der Waals surface area contributed by atoms with E-state index in [2.05, 4.69) is 55.2 Å². The van der Waals surface area contributed by atoms with E-state index in [1.807, 2.05) is 36.7 Å². The minimum atomic E-state index is -0.268. The molecule has 1 fully saturated rings. The Hall–Kier alpha value is -4.78. The van der Waals surface area contributed by atoms with Crippen LogP contribution in [0, 0.1) is 11.7 Å². The molecule has 192 valence electrons. The highest BCUT2D eigenvalue weighted by molar-refractivity contribution is 6.00. The van der Waals surface area contributed by atoms with Gasteiger partial charge < -0.3 is 10.3 Å². The molecule has 7 heteroatoms. The molecule has 0 atom stereocenters. The van der Waals surface area contributed by atoms with Crippen molar-refractivity contribution < 1.29 is 4.39 Å². The predicted molar refractivity (Wildman–Crippen MR) is 155 cm³/mol. The van der Waals surface area contributed by atoms with E-state index in [1.54, 1.807) is 12.3 Å². The van der Waals surface area contributed by atoms with Crippen LogP contribution in [0.4, 0.5) is 10.1 Å². The molecule has 0 amide bonds. The summed E-state index contributed by atoms with van der Waals surface area (Å²) in [6.07, 6.45) is 10.4. The van der Waals surface area contributed by atoms with Crippen molar-refractivity contribution in [3.05, 3.63) is 97.3 Å². The average molecular weight is 515 g/mol. The van der Waals surface area contributed by atoms with Gasteiger partial charge in [-0.25, -0.2) is 9.37 Å². The highest BCUT2D eigenvalue weighted by Gasteiger charge is 2.19. The maximum atomic E-state index is 13.9. The van der Waals surface area contributed by atoms with Crippen LogP contribution in [0.5, 0.6) is 0 Å². The minimum Gasteiger partial charge on any atom is -0.358 e. The molecule has 3 N–H and O–H groups in total. The number of hydrogen-bond acceptors (Lipinski definition) is 4. The summed E-state index contributed by atoms with van der Waals surface area (Å²) in [5, 5.41) is 13.2. The highest BCUT2D eigenvalue weighted by atomic mass is 19.1. The molecule has 6 nitrogen and oxygen atoms in total. The summed E-state index contributed by atoms with van der Waals surface area (Å²) in [4.78, 5) is 12.4. The molecule has 0 unspecified atom stereocenters. The number of nitrogens with one attached hydrogen (secondary N) is 3. The first-order chi connectivity index (χ1) is 19.1. The van der Waals surface area contributed by atoms with Gasteiger partial charge in [-0.1, -0.05) is 37.6 Å². The van der Waals surface area contributed by atoms with Crippen molar-refractivity contribution in [3.8, 4) is 33.6 Å². The number of aromatic nitrogens is 5. The molecule has 0 radical (unpaired) electrons. The van der Waals surface area contributed by atoms with Crippen LogP contribution in [-0.4, -0.2) is 25.1 Å². The second kappa shape index (κ2) is 9.51. The number of anilines is 1. The second-order valence-electron chi connectivity index (χ2n) is 10.2. The lowest BCUT2D eigenvalue weighted by atomic mass is 10.0. The van der Waals surface area contributed by atoms with Crippen LogP contribution in [-0.2, 0) is 0 Å². The second-order valence-corrected chi connectivity index (χ2v) is 10.2. The molecule has 7 rings (SSSR count). The maximum Gasteiger partial charge on any atom is 0.138 e. The summed E-state index contributed by atoms with van der Waals surface area (Å²) in [5.74, 6) is 0.265. The summed E-state index contributed by atoms with van der Waals surface area (Å²) < 4.78 is 13.9. The summed E-state index contributed by atoms with van der Waals surface area (Å²) in [7, 11) is 0. The number of rotatable bonds is 6. The van der Waals surface area contributed by atoms with Gasteiger partial charge in [0.2, 0.25) is 0 Å². The number of hydrogen-bond donors (Lipinski definition) is 3. The van der Waals surface area contributed by atoms with Gasteiger partial charge >= 0.3 is 0 Å². The van der Waals surface area contributed by atoms with Crippen LogP contribution < -0.4 is 5.32 Å². The molecule has 1 saturated carbocycles. The monoisotopic (exact) mass is 514 g/mol. The van der Waals surface area contributed by atoms with Crippen molar-refractivity contribution in [1.82, 2.24) is 25.1 Å². The van der Waals surface area contributed by atoms with E-state index in [0.717, 1.165) is 67.0 Å². The molecular weight excluding hydrogens is 487 g/mol. The van der Waals surface area contributed by atoms with Gasteiger partial charge in [0.05, 0.1) is 23.1 Å². The van der Waals surface area contributed by atoms with Gasteiger partial charge in [-0.05, 0) is 77.9 Å². The van der Waals surface area contributed by atoms with Crippen molar-refractivity contribution in [2.45, 2.75) is 25.7 Å². The van der Waals surface area contributed by atoms with Gasteiger partial charge in [0.1, 0.15) is 17.2 Å². The molecule has 4 heterocycles. The van der Waals surface area contributed by atoms with Gasteiger partial charge in [-0.15, -0.1) is 0 Å². The standard InChI is InChI=1S/C32H27FN6/c1-19(20-5-2-3-6-20)36-25-14-23(17-34-18-25)21-9-10-29-28(15-21)31(39-38-29)30-16-27-26(11-12-35-32(27)37-30)22-7-4-8-24(33)13-22/h4,7-18,20,36H,1-3,5-6H2,(H,35,37)(H,38,39). The Kier molecular flexibility index (Phi) is 5.69. The fraction of sp³-hybridized carbons (Fsp3) is 0.156. The molecule has 39 heavy (non-hydrogen) atoms. The smallest absolute Gasteiger partial charge is 0.138 e. The lowest BCUT2D eigenvalue weighted by molar-refractivity contribution is 0.628. The number of allylic oxidation sites excluding steroid dienone is 1. The lowest BCUT2D eigenvalue weighted by Crippen LogP contribution is -2.07. The summed E-state index contributed by atoms with van der Waals surface area (Å²) in [6, 6.07) is 18.9. The third kappa shape index (κ3) is 4.36. The number of aromatic amines is 2. The van der Waals surface area contributed by atoms with E-state index < -0.39 is 0 Å². The minimum absolute atomic E-state index is 0.268. The molecule has 0 aliphatic heterocycles. The molecular formula is C32H27FN6. The highest BCUT2D eigenvalue weighted by Crippen LogP contribution is 2.35. The van der Waals surface area contributed by atoms with Crippen LogP contribution in [0.25, 0.3) is 55.6 Å². The van der Waals surface area contributed by atoms with Crippen molar-refractivity contribution in [2.24, 2.45) is 5.92 Å². The number of H-pyrrole nitrogens is 2. The fourth-order valence-electron chi connectivity index (χ4n) is 5.69. The Bertz CT molecular complexity index is 1840. The first kappa shape index (κ1) is 23.3. The van der Waals surface area contributed by atoms with Gasteiger partial charge in [0.15, 0.2) is 0 Å². The van der Waals surface area contributed by atoms with Crippen LogP contribution in [0.2, 0.25) is 0 Å². The zero-order valence-corrected chi connectivity index (χ0v) is 21.3. The Balaban J connectivity index is 1.25. The van der Waals surface area contributed by atoms with E-state index in [9.17, 15) is 4.39 Å². The number of benzene rings is 2. The van der Waals surface area contributed by atoms with Crippen molar-refractivity contribution in [1.29, 1.82) is 0 Å². The molecule has 0 spiro atoms. The molecule has 1 aliphatic rings. The Labute approximate surface area is 225 Å². The van der Waals surface area contributed by atoms with Gasteiger partial charge in [0.25, 0.3) is 0 Å². The first-order valence-corrected chi connectivity index (χ1v) is 13.3. The number of halogens is 1. The van der Waals surface area contributed by atoms with E-state index >= 15 is 0 Å². The Morgan fingerprint density at radius 3 is 2.69 bits per heavy atom. The average Bonchev–Trinajstić information content (AvgIpc) is 3.72. The largest absolute Gasteiger partial charge is 0.358 e. The molecule has 6 aromatic rings. The number of pyridine rings is 2. The third-order valence-corrected chi connectivity index (χ3v) is 7.71. The van der Waals surface area contributed by atoms with Gasteiger partial charge in [0, 0.05) is 34.4 Å². The van der Waals surface area contributed by atoms with Crippen molar-refractivity contribution >= 4 is 27.6 Å². The lowest BCUT2D eigenvalue weighted by Gasteiger charge is -2.16. The van der Waals surface area contributed by atoms with E-state index in [4.69, 9.17) is 0 Å². The topological polar surface area (TPSA) is 82.3 Å².